The normalized spacial score (nSPS) is 17.6. The van der Waals surface area contributed by atoms with E-state index in [0.29, 0.717) is 51.0 Å². The molecule has 0 N–H and O–H groups in total. The Morgan fingerprint density at radius 2 is 1.73 bits per heavy atom. The molecular weight excluding hydrogens is 355 g/mol. The number of hydrogen-bond donors (Lipinski definition) is 0. The summed E-state index contributed by atoms with van der Waals surface area (Å²) >= 11 is 0. The minimum atomic E-state index is -4.69. The number of morpholine rings is 1. The molecule has 140 valence electrons. The summed E-state index contributed by atoms with van der Waals surface area (Å²) in [7, 11) is 0. The fourth-order valence-corrected chi connectivity index (χ4v) is 3.09. The predicted molar refractivity (Wildman–Crippen MR) is 83.1 cm³/mol. The van der Waals surface area contributed by atoms with Crippen molar-refractivity contribution in [3.63, 3.8) is 0 Å². The zero-order valence-corrected chi connectivity index (χ0v) is 13.7. The zero-order valence-electron chi connectivity index (χ0n) is 13.7. The number of halogens is 3. The molecule has 0 saturated carbocycles. The molecule has 2 aromatic rings. The Labute approximate surface area is 146 Å². The minimum absolute atomic E-state index is 0.108. The van der Waals surface area contributed by atoms with E-state index >= 15 is 0 Å². The first-order valence-corrected chi connectivity index (χ1v) is 8.16. The summed E-state index contributed by atoms with van der Waals surface area (Å²) in [6.07, 6.45) is -4.69. The van der Waals surface area contributed by atoms with Crippen molar-refractivity contribution in [2.24, 2.45) is 0 Å². The van der Waals surface area contributed by atoms with Gasteiger partial charge in [-0.1, -0.05) is 0 Å². The summed E-state index contributed by atoms with van der Waals surface area (Å²) in [5.41, 5.74) is 0.291. The van der Waals surface area contributed by atoms with Gasteiger partial charge in [0, 0.05) is 25.2 Å². The molecule has 1 saturated heterocycles. The average molecular weight is 371 g/mol. The minimum Gasteiger partial charge on any atom is -0.486 e. The van der Waals surface area contributed by atoms with E-state index in [0.717, 1.165) is 4.57 Å². The van der Waals surface area contributed by atoms with Crippen LogP contribution in [0.5, 0.6) is 11.5 Å². The molecule has 7 nitrogen and oxygen atoms in total. The maximum absolute atomic E-state index is 13.5. The van der Waals surface area contributed by atoms with E-state index in [1.165, 1.54) is 17.0 Å². The molecule has 26 heavy (non-hydrogen) atoms. The second-order valence-electron chi connectivity index (χ2n) is 6.00. The molecule has 1 amide bonds. The summed E-state index contributed by atoms with van der Waals surface area (Å²) in [6.45, 7) is 1.65. The number of carbonyl (C=O) groups excluding carboxylic acids is 1. The summed E-state index contributed by atoms with van der Waals surface area (Å²) in [5.74, 6) is -0.830. The van der Waals surface area contributed by atoms with Crippen LogP contribution in [0.25, 0.3) is 11.0 Å². The molecule has 4 rings (SSSR count). The molecule has 0 radical (unpaired) electrons. The lowest BCUT2D eigenvalue weighted by Gasteiger charge is -2.27. The number of carbonyl (C=O) groups is 1. The number of fused-ring (bicyclic) bond motifs is 2. The van der Waals surface area contributed by atoms with Crippen LogP contribution in [0.2, 0.25) is 0 Å². The molecule has 0 bridgehead atoms. The Morgan fingerprint density at radius 1 is 1.08 bits per heavy atom. The van der Waals surface area contributed by atoms with Crippen molar-refractivity contribution in [2.75, 3.05) is 39.5 Å². The third-order valence-corrected chi connectivity index (χ3v) is 4.32. The SMILES string of the molecule is O=C(Cn1c(C(F)(F)F)nc2cc3c(cc21)OCCO3)N1CCOCC1. The number of benzene rings is 1. The highest BCUT2D eigenvalue weighted by Gasteiger charge is 2.38. The first-order valence-electron chi connectivity index (χ1n) is 8.16. The Morgan fingerprint density at radius 3 is 2.38 bits per heavy atom. The Balaban J connectivity index is 1.76. The standard InChI is InChI=1S/C16H16F3N3O4/c17-16(18,19)15-20-10-7-12-13(26-6-5-25-12)8-11(10)22(15)9-14(23)21-1-3-24-4-2-21/h7-8H,1-6,9H2. The van der Waals surface area contributed by atoms with E-state index in [1.807, 2.05) is 0 Å². The smallest absolute Gasteiger partial charge is 0.449 e. The van der Waals surface area contributed by atoms with Gasteiger partial charge in [0.1, 0.15) is 19.8 Å². The molecule has 1 aromatic carbocycles. The number of alkyl halides is 3. The van der Waals surface area contributed by atoms with Gasteiger partial charge in [0.25, 0.3) is 0 Å². The van der Waals surface area contributed by atoms with Crippen LogP contribution in [0.4, 0.5) is 13.2 Å². The van der Waals surface area contributed by atoms with E-state index < -0.39 is 24.5 Å². The van der Waals surface area contributed by atoms with Crippen molar-refractivity contribution in [3.8, 4) is 11.5 Å². The molecule has 3 heterocycles. The van der Waals surface area contributed by atoms with Crippen LogP contribution in [-0.4, -0.2) is 59.9 Å². The highest BCUT2D eigenvalue weighted by molar-refractivity contribution is 5.84. The molecule has 1 aromatic heterocycles. The monoisotopic (exact) mass is 371 g/mol. The van der Waals surface area contributed by atoms with E-state index in [4.69, 9.17) is 14.2 Å². The topological polar surface area (TPSA) is 65.8 Å². The fourth-order valence-electron chi connectivity index (χ4n) is 3.09. The summed E-state index contributed by atoms with van der Waals surface area (Å²) < 4.78 is 57.3. The average Bonchev–Trinajstić information content (AvgIpc) is 2.98. The van der Waals surface area contributed by atoms with Crippen molar-refractivity contribution in [1.82, 2.24) is 14.5 Å². The molecular formula is C16H16F3N3O4. The van der Waals surface area contributed by atoms with Crippen LogP contribution in [0.15, 0.2) is 12.1 Å². The quantitative estimate of drug-likeness (QED) is 0.804. The van der Waals surface area contributed by atoms with Gasteiger partial charge in [-0.05, 0) is 0 Å². The number of aromatic nitrogens is 2. The van der Waals surface area contributed by atoms with Gasteiger partial charge in [0.2, 0.25) is 11.7 Å². The molecule has 2 aliphatic rings. The van der Waals surface area contributed by atoms with E-state index in [9.17, 15) is 18.0 Å². The largest absolute Gasteiger partial charge is 0.486 e. The molecule has 0 spiro atoms. The zero-order chi connectivity index (χ0) is 18.3. The van der Waals surface area contributed by atoms with Crippen LogP contribution in [0, 0.1) is 0 Å². The third kappa shape index (κ3) is 3.05. The Bertz CT molecular complexity index is 843. The Hall–Kier alpha value is -2.49. The number of nitrogens with zero attached hydrogens (tertiary/aromatic N) is 3. The maximum Gasteiger partial charge on any atom is 0.449 e. The molecule has 2 aliphatic heterocycles. The number of imidazole rings is 1. The number of hydrogen-bond acceptors (Lipinski definition) is 5. The van der Waals surface area contributed by atoms with E-state index in [-0.39, 0.29) is 11.0 Å². The summed E-state index contributed by atoms with van der Waals surface area (Å²) in [4.78, 5) is 17.7. The second kappa shape index (κ2) is 6.35. The van der Waals surface area contributed by atoms with Gasteiger partial charge in [-0.25, -0.2) is 4.98 Å². The van der Waals surface area contributed by atoms with Gasteiger partial charge >= 0.3 is 6.18 Å². The van der Waals surface area contributed by atoms with Crippen molar-refractivity contribution >= 4 is 16.9 Å². The summed E-state index contributed by atoms with van der Waals surface area (Å²) in [6, 6.07) is 2.85. The number of ether oxygens (including phenoxy) is 3. The molecule has 0 aliphatic carbocycles. The number of amides is 1. The first kappa shape index (κ1) is 17.0. The van der Waals surface area contributed by atoms with Crippen LogP contribution < -0.4 is 9.47 Å². The molecule has 10 heteroatoms. The van der Waals surface area contributed by atoms with Gasteiger partial charge in [0.15, 0.2) is 11.5 Å². The fraction of sp³-hybridized carbons (Fsp3) is 0.500. The lowest BCUT2D eigenvalue weighted by atomic mass is 10.2. The van der Waals surface area contributed by atoms with Crippen molar-refractivity contribution in [1.29, 1.82) is 0 Å². The highest BCUT2D eigenvalue weighted by atomic mass is 19.4. The van der Waals surface area contributed by atoms with Crippen LogP contribution in [0.3, 0.4) is 0 Å². The van der Waals surface area contributed by atoms with Gasteiger partial charge in [0.05, 0.1) is 24.2 Å². The molecule has 0 atom stereocenters. The lowest BCUT2D eigenvalue weighted by Crippen LogP contribution is -2.42. The number of rotatable bonds is 2. The molecule has 1 fully saturated rings. The van der Waals surface area contributed by atoms with Crippen LogP contribution >= 0.6 is 0 Å². The first-order chi connectivity index (χ1) is 12.4. The van der Waals surface area contributed by atoms with Gasteiger partial charge in [-0.15, -0.1) is 0 Å². The van der Waals surface area contributed by atoms with Crippen LogP contribution in [-0.2, 0) is 22.3 Å². The lowest BCUT2D eigenvalue weighted by molar-refractivity contribution is -0.148. The van der Waals surface area contributed by atoms with Gasteiger partial charge in [-0.2, -0.15) is 13.2 Å². The maximum atomic E-state index is 13.5. The van der Waals surface area contributed by atoms with Gasteiger partial charge < -0.3 is 23.7 Å². The highest BCUT2D eigenvalue weighted by Crippen LogP contribution is 2.38. The Kier molecular flexibility index (Phi) is 4.14. The van der Waals surface area contributed by atoms with Crippen molar-refractivity contribution < 1.29 is 32.2 Å². The third-order valence-electron chi connectivity index (χ3n) is 4.32. The van der Waals surface area contributed by atoms with E-state index in [1.54, 1.807) is 0 Å². The summed E-state index contributed by atoms with van der Waals surface area (Å²) in [5, 5.41) is 0. The predicted octanol–water partition coefficient (Wildman–Crippen LogP) is 1.69. The van der Waals surface area contributed by atoms with Crippen molar-refractivity contribution in [3.05, 3.63) is 18.0 Å². The molecule has 0 unspecified atom stereocenters. The van der Waals surface area contributed by atoms with Gasteiger partial charge in [-0.3, -0.25) is 4.79 Å². The van der Waals surface area contributed by atoms with Crippen LogP contribution in [0.1, 0.15) is 5.82 Å². The second-order valence-corrected chi connectivity index (χ2v) is 6.00. The van der Waals surface area contributed by atoms with Crippen molar-refractivity contribution in [2.45, 2.75) is 12.7 Å². The van der Waals surface area contributed by atoms with E-state index in [2.05, 4.69) is 4.98 Å².